The lowest BCUT2D eigenvalue weighted by Crippen LogP contribution is -2.30. The van der Waals surface area contributed by atoms with Gasteiger partial charge in [-0.05, 0) is 54.7 Å². The predicted octanol–water partition coefficient (Wildman–Crippen LogP) is 4.72. The second kappa shape index (κ2) is 8.91. The van der Waals surface area contributed by atoms with Crippen molar-refractivity contribution in [2.24, 2.45) is 0 Å². The average molecular weight is 383 g/mol. The van der Waals surface area contributed by atoms with Crippen molar-refractivity contribution in [1.82, 2.24) is 5.32 Å². The number of carbonyl (C=O) groups is 2. The normalized spacial score (nSPS) is 12.5. The number of amides is 1. The minimum atomic E-state index is -0.976. The lowest BCUT2D eigenvalue weighted by Gasteiger charge is -2.20. The number of aliphatic carboxylic acids is 1. The average Bonchev–Trinajstić information content (AvgIpc) is 2.60. The highest BCUT2D eigenvalue weighted by Gasteiger charge is 2.20. The van der Waals surface area contributed by atoms with Crippen LogP contribution in [0.25, 0.3) is 0 Å². The Labute approximate surface area is 166 Å². The molecule has 2 aromatic carbocycles. The molecule has 2 N–H and O–H groups in total. The Bertz CT molecular complexity index is 802. The van der Waals surface area contributed by atoms with E-state index in [9.17, 15) is 14.7 Å². The number of carbonyl (C=O) groups excluding carboxylic acids is 1. The van der Waals surface area contributed by atoms with Gasteiger partial charge in [0.25, 0.3) is 5.91 Å². The van der Waals surface area contributed by atoms with Gasteiger partial charge in [0, 0.05) is 5.56 Å². The molecule has 1 unspecified atom stereocenters. The molecule has 0 fully saturated rings. The highest BCUT2D eigenvalue weighted by molar-refractivity contribution is 5.94. The van der Waals surface area contributed by atoms with Gasteiger partial charge >= 0.3 is 5.97 Å². The SMILES string of the molecule is CC(C)Oc1ccc(C(CC(=O)O)NC(=O)c2ccc(C(C)(C)C)cc2)cc1. The third-order valence-electron chi connectivity index (χ3n) is 4.35. The Kier molecular flexibility index (Phi) is 6.84. The van der Waals surface area contributed by atoms with Gasteiger partial charge in [0.05, 0.1) is 18.6 Å². The second-order valence-corrected chi connectivity index (χ2v) is 8.19. The molecule has 0 radical (unpaired) electrons. The van der Waals surface area contributed by atoms with Crippen LogP contribution in [0.3, 0.4) is 0 Å². The lowest BCUT2D eigenvalue weighted by atomic mass is 9.86. The molecular weight excluding hydrogens is 354 g/mol. The summed E-state index contributed by atoms with van der Waals surface area (Å²) in [7, 11) is 0. The molecule has 0 aliphatic rings. The molecule has 0 bridgehead atoms. The van der Waals surface area contributed by atoms with Crippen molar-refractivity contribution in [3.05, 3.63) is 65.2 Å². The summed E-state index contributed by atoms with van der Waals surface area (Å²) in [6.07, 6.45) is -0.146. The van der Waals surface area contributed by atoms with Crippen molar-refractivity contribution >= 4 is 11.9 Å². The molecule has 28 heavy (non-hydrogen) atoms. The van der Waals surface area contributed by atoms with Crippen LogP contribution in [-0.2, 0) is 10.2 Å². The summed E-state index contributed by atoms with van der Waals surface area (Å²) < 4.78 is 5.62. The van der Waals surface area contributed by atoms with E-state index in [1.54, 1.807) is 36.4 Å². The van der Waals surface area contributed by atoms with Crippen LogP contribution >= 0.6 is 0 Å². The molecule has 0 aliphatic carbocycles. The highest BCUT2D eigenvalue weighted by atomic mass is 16.5. The predicted molar refractivity (Wildman–Crippen MR) is 110 cm³/mol. The largest absolute Gasteiger partial charge is 0.491 e. The van der Waals surface area contributed by atoms with Crippen LogP contribution in [0.2, 0.25) is 0 Å². The van der Waals surface area contributed by atoms with Crippen LogP contribution in [0.1, 0.15) is 68.6 Å². The molecule has 0 saturated carbocycles. The molecular formula is C23H29NO4. The Morgan fingerprint density at radius 1 is 1.00 bits per heavy atom. The van der Waals surface area contributed by atoms with Gasteiger partial charge in [-0.15, -0.1) is 0 Å². The minimum Gasteiger partial charge on any atom is -0.491 e. The standard InChI is InChI=1S/C23H29NO4/c1-15(2)28-19-12-8-16(9-13-19)20(14-21(25)26)24-22(27)17-6-10-18(11-7-17)23(3,4)5/h6-13,15,20H,14H2,1-5H3,(H,24,27)(H,25,26). The molecule has 0 aliphatic heterocycles. The van der Waals surface area contributed by atoms with Gasteiger partial charge in [-0.3, -0.25) is 9.59 Å². The Hall–Kier alpha value is -2.82. The smallest absolute Gasteiger partial charge is 0.305 e. The van der Waals surface area contributed by atoms with E-state index in [1.165, 1.54) is 0 Å². The van der Waals surface area contributed by atoms with Gasteiger partial charge in [-0.25, -0.2) is 0 Å². The number of nitrogens with one attached hydrogen (secondary N) is 1. The van der Waals surface area contributed by atoms with Gasteiger partial charge in [0.1, 0.15) is 5.75 Å². The molecule has 1 atom stereocenters. The van der Waals surface area contributed by atoms with Crippen molar-refractivity contribution in [2.45, 2.75) is 58.6 Å². The number of rotatable bonds is 7. The molecule has 5 heteroatoms. The third kappa shape index (κ3) is 6.12. The summed E-state index contributed by atoms with van der Waals surface area (Å²) in [5.74, 6) is -0.568. The molecule has 1 amide bonds. The zero-order valence-electron chi connectivity index (χ0n) is 17.2. The maximum absolute atomic E-state index is 12.7. The van der Waals surface area contributed by atoms with Crippen molar-refractivity contribution < 1.29 is 19.4 Å². The molecule has 0 spiro atoms. The van der Waals surface area contributed by atoms with E-state index in [2.05, 4.69) is 26.1 Å². The van der Waals surface area contributed by atoms with E-state index in [0.29, 0.717) is 11.3 Å². The molecule has 5 nitrogen and oxygen atoms in total. The van der Waals surface area contributed by atoms with Gasteiger partial charge in [-0.2, -0.15) is 0 Å². The summed E-state index contributed by atoms with van der Waals surface area (Å²) >= 11 is 0. The van der Waals surface area contributed by atoms with Crippen molar-refractivity contribution in [1.29, 1.82) is 0 Å². The van der Waals surface area contributed by atoms with E-state index < -0.39 is 12.0 Å². The Morgan fingerprint density at radius 3 is 2.04 bits per heavy atom. The van der Waals surface area contributed by atoms with Crippen LogP contribution < -0.4 is 10.1 Å². The third-order valence-corrected chi connectivity index (χ3v) is 4.35. The number of hydrogen-bond donors (Lipinski definition) is 2. The second-order valence-electron chi connectivity index (χ2n) is 8.19. The van der Waals surface area contributed by atoms with Crippen LogP contribution in [0.5, 0.6) is 5.75 Å². The van der Waals surface area contributed by atoms with Crippen molar-refractivity contribution in [2.75, 3.05) is 0 Å². The number of hydrogen-bond acceptors (Lipinski definition) is 3. The maximum Gasteiger partial charge on any atom is 0.305 e. The summed E-state index contributed by atoms with van der Waals surface area (Å²) in [4.78, 5) is 23.9. The summed E-state index contributed by atoms with van der Waals surface area (Å²) in [6.45, 7) is 10.2. The van der Waals surface area contributed by atoms with Gasteiger partial charge in [0.15, 0.2) is 0 Å². The molecule has 2 rings (SSSR count). The summed E-state index contributed by atoms with van der Waals surface area (Å²) in [5.41, 5.74) is 2.36. The summed E-state index contributed by atoms with van der Waals surface area (Å²) in [5, 5.41) is 12.1. The van der Waals surface area contributed by atoms with Crippen molar-refractivity contribution in [3.63, 3.8) is 0 Å². The fourth-order valence-corrected chi connectivity index (χ4v) is 2.84. The molecule has 0 heterocycles. The van der Waals surface area contributed by atoms with Crippen LogP contribution in [0, 0.1) is 0 Å². The zero-order chi connectivity index (χ0) is 20.9. The Morgan fingerprint density at radius 2 is 1.57 bits per heavy atom. The Balaban J connectivity index is 2.17. The topological polar surface area (TPSA) is 75.6 Å². The summed E-state index contributed by atoms with van der Waals surface area (Å²) in [6, 6.07) is 13.9. The number of carboxylic acid groups (broad SMARTS) is 1. The van der Waals surface area contributed by atoms with E-state index in [4.69, 9.17) is 4.74 Å². The van der Waals surface area contributed by atoms with Crippen LogP contribution in [0.4, 0.5) is 0 Å². The van der Waals surface area contributed by atoms with Gasteiger partial charge in [0.2, 0.25) is 0 Å². The first-order valence-electron chi connectivity index (χ1n) is 9.46. The van der Waals surface area contributed by atoms with E-state index in [1.807, 2.05) is 26.0 Å². The lowest BCUT2D eigenvalue weighted by molar-refractivity contribution is -0.137. The van der Waals surface area contributed by atoms with Crippen molar-refractivity contribution in [3.8, 4) is 5.75 Å². The first kappa shape index (κ1) is 21.5. The fourth-order valence-electron chi connectivity index (χ4n) is 2.84. The fraction of sp³-hybridized carbons (Fsp3) is 0.391. The quantitative estimate of drug-likeness (QED) is 0.725. The van der Waals surface area contributed by atoms with E-state index in [-0.39, 0.29) is 23.8 Å². The zero-order valence-corrected chi connectivity index (χ0v) is 17.2. The molecule has 2 aromatic rings. The number of benzene rings is 2. The van der Waals surface area contributed by atoms with Crippen LogP contribution in [-0.4, -0.2) is 23.1 Å². The minimum absolute atomic E-state index is 0.000647. The number of ether oxygens (including phenoxy) is 1. The monoisotopic (exact) mass is 383 g/mol. The highest BCUT2D eigenvalue weighted by Crippen LogP contribution is 2.24. The van der Waals surface area contributed by atoms with E-state index >= 15 is 0 Å². The molecule has 0 saturated heterocycles. The molecule has 150 valence electrons. The van der Waals surface area contributed by atoms with E-state index in [0.717, 1.165) is 11.1 Å². The maximum atomic E-state index is 12.7. The van der Waals surface area contributed by atoms with Crippen LogP contribution in [0.15, 0.2) is 48.5 Å². The molecule has 0 aromatic heterocycles. The number of carboxylic acids is 1. The van der Waals surface area contributed by atoms with Gasteiger partial charge < -0.3 is 15.2 Å². The first-order chi connectivity index (χ1) is 13.1. The van der Waals surface area contributed by atoms with Gasteiger partial charge in [-0.1, -0.05) is 45.0 Å². The first-order valence-corrected chi connectivity index (χ1v) is 9.46.